The van der Waals surface area contributed by atoms with E-state index in [1.54, 1.807) is 12.1 Å². The Morgan fingerprint density at radius 1 is 1.11 bits per heavy atom. The fraction of sp³-hybridized carbons (Fsp3) is 0.381. The minimum atomic E-state index is -4.02. The average molecular weight is 405 g/mol. The van der Waals surface area contributed by atoms with Gasteiger partial charge in [0.05, 0.1) is 0 Å². The van der Waals surface area contributed by atoms with E-state index in [4.69, 9.17) is 0 Å². The number of hydrogen-bond acceptors (Lipinski definition) is 3. The van der Waals surface area contributed by atoms with E-state index in [9.17, 15) is 17.6 Å². The van der Waals surface area contributed by atoms with Gasteiger partial charge in [0, 0.05) is 24.3 Å². The van der Waals surface area contributed by atoms with Crippen LogP contribution in [-0.4, -0.2) is 31.7 Å². The fourth-order valence-electron chi connectivity index (χ4n) is 3.69. The summed E-state index contributed by atoms with van der Waals surface area (Å²) in [4.78, 5) is 12.1. The van der Waals surface area contributed by atoms with Gasteiger partial charge in [0.25, 0.3) is 5.91 Å². The van der Waals surface area contributed by atoms with Crippen LogP contribution in [-0.2, 0) is 10.0 Å². The molecule has 1 N–H and O–H groups in total. The maximum absolute atomic E-state index is 14.4. The van der Waals surface area contributed by atoms with Crippen molar-refractivity contribution in [3.63, 3.8) is 0 Å². The van der Waals surface area contributed by atoms with Gasteiger partial charge in [0.15, 0.2) is 0 Å². The Kier molecular flexibility index (Phi) is 5.86. The Labute approximate surface area is 165 Å². The Hall–Kier alpha value is -2.25. The molecule has 1 fully saturated rings. The fourth-order valence-corrected chi connectivity index (χ4v) is 5.46. The summed E-state index contributed by atoms with van der Waals surface area (Å²) in [6.45, 7) is 6.54. The van der Waals surface area contributed by atoms with E-state index in [1.807, 2.05) is 32.9 Å². The molecule has 0 aliphatic carbocycles. The molecule has 150 valence electrons. The molecule has 0 radical (unpaired) electrons. The van der Waals surface area contributed by atoms with Crippen molar-refractivity contribution in [2.45, 2.75) is 32.1 Å². The Morgan fingerprint density at radius 2 is 1.75 bits per heavy atom. The van der Waals surface area contributed by atoms with Gasteiger partial charge in [0.2, 0.25) is 10.0 Å². The molecule has 5 nitrogen and oxygen atoms in total. The second kappa shape index (κ2) is 8.01. The lowest BCUT2D eigenvalue weighted by molar-refractivity contribution is 0.102. The van der Waals surface area contributed by atoms with Crippen molar-refractivity contribution in [1.29, 1.82) is 0 Å². The summed E-state index contributed by atoms with van der Waals surface area (Å²) < 4.78 is 41.8. The summed E-state index contributed by atoms with van der Waals surface area (Å²) in [5, 5.41) is 2.75. The number of nitrogens with zero attached hydrogens (tertiary/aromatic N) is 1. The maximum Gasteiger partial charge on any atom is 0.255 e. The van der Waals surface area contributed by atoms with Crippen LogP contribution in [0.25, 0.3) is 0 Å². The van der Waals surface area contributed by atoms with Crippen molar-refractivity contribution in [2.75, 3.05) is 18.4 Å². The van der Waals surface area contributed by atoms with E-state index in [0.717, 1.165) is 24.1 Å². The highest BCUT2D eigenvalue weighted by molar-refractivity contribution is 7.89. The standard InChI is InChI=1S/C21H25FN2O3S/c1-14-10-15(2)13-24(12-14)28(26,27)20-11-17(8-9-18(20)22)21(25)23-19-7-5-4-6-16(19)3/h4-9,11,14-15H,10,12-13H2,1-3H3,(H,23,25)/t14-,15+. The van der Waals surface area contributed by atoms with Crippen molar-refractivity contribution in [3.8, 4) is 0 Å². The van der Waals surface area contributed by atoms with Crippen LogP contribution in [0, 0.1) is 24.6 Å². The van der Waals surface area contributed by atoms with Crippen LogP contribution in [0.4, 0.5) is 10.1 Å². The van der Waals surface area contributed by atoms with Crippen molar-refractivity contribution in [1.82, 2.24) is 4.31 Å². The lowest BCUT2D eigenvalue weighted by Gasteiger charge is -2.34. The summed E-state index contributed by atoms with van der Waals surface area (Å²) in [5.41, 5.74) is 1.60. The van der Waals surface area contributed by atoms with Gasteiger partial charge in [-0.3, -0.25) is 4.79 Å². The molecule has 1 aliphatic heterocycles. The second-order valence-electron chi connectivity index (χ2n) is 7.68. The molecule has 1 aliphatic rings. The molecule has 1 heterocycles. The van der Waals surface area contributed by atoms with Crippen LogP contribution in [0.2, 0.25) is 0 Å². The molecule has 2 aromatic carbocycles. The highest BCUT2D eigenvalue weighted by atomic mass is 32.2. The van der Waals surface area contributed by atoms with Crippen molar-refractivity contribution < 1.29 is 17.6 Å². The monoisotopic (exact) mass is 404 g/mol. The van der Waals surface area contributed by atoms with E-state index in [2.05, 4.69) is 5.32 Å². The smallest absolute Gasteiger partial charge is 0.255 e. The summed E-state index contributed by atoms with van der Waals surface area (Å²) in [6.07, 6.45) is 0.938. The van der Waals surface area contributed by atoms with Crippen LogP contribution in [0.1, 0.15) is 36.2 Å². The maximum atomic E-state index is 14.4. The molecule has 1 amide bonds. The highest BCUT2D eigenvalue weighted by Gasteiger charge is 2.33. The number of hydrogen-bond donors (Lipinski definition) is 1. The van der Waals surface area contributed by atoms with E-state index in [0.29, 0.717) is 18.8 Å². The van der Waals surface area contributed by atoms with E-state index >= 15 is 0 Å². The number of halogens is 1. The summed E-state index contributed by atoms with van der Waals surface area (Å²) in [6, 6.07) is 10.7. The van der Waals surface area contributed by atoms with Crippen molar-refractivity contribution >= 4 is 21.6 Å². The van der Waals surface area contributed by atoms with Gasteiger partial charge in [-0.2, -0.15) is 4.31 Å². The largest absolute Gasteiger partial charge is 0.322 e. The van der Waals surface area contributed by atoms with E-state index in [1.165, 1.54) is 10.4 Å². The van der Waals surface area contributed by atoms with Gasteiger partial charge in [-0.1, -0.05) is 32.0 Å². The summed E-state index contributed by atoms with van der Waals surface area (Å²) >= 11 is 0. The molecule has 0 spiro atoms. The first-order chi connectivity index (χ1) is 13.2. The molecule has 0 saturated carbocycles. The predicted octanol–water partition coefficient (Wildman–Crippen LogP) is 4.05. The third kappa shape index (κ3) is 4.25. The third-order valence-corrected chi connectivity index (χ3v) is 6.89. The molecule has 0 unspecified atom stereocenters. The number of nitrogens with one attached hydrogen (secondary N) is 1. The molecule has 0 aromatic heterocycles. The topological polar surface area (TPSA) is 66.5 Å². The first-order valence-electron chi connectivity index (χ1n) is 9.35. The van der Waals surface area contributed by atoms with E-state index in [-0.39, 0.29) is 17.4 Å². The molecule has 1 saturated heterocycles. The number of carbonyl (C=O) groups is 1. The molecule has 3 rings (SSSR count). The van der Waals surface area contributed by atoms with Crippen LogP contribution in [0.15, 0.2) is 47.4 Å². The SMILES string of the molecule is Cc1ccccc1NC(=O)c1ccc(F)c(S(=O)(=O)N2C[C@H](C)C[C@H](C)C2)c1. The third-order valence-electron chi connectivity index (χ3n) is 5.04. The second-order valence-corrected chi connectivity index (χ2v) is 9.59. The van der Waals surface area contributed by atoms with Crippen LogP contribution < -0.4 is 5.32 Å². The Bertz CT molecular complexity index is 981. The molecule has 0 bridgehead atoms. The molecule has 2 atom stereocenters. The highest BCUT2D eigenvalue weighted by Crippen LogP contribution is 2.28. The van der Waals surface area contributed by atoms with Gasteiger partial charge in [-0.15, -0.1) is 0 Å². The van der Waals surface area contributed by atoms with Gasteiger partial charge < -0.3 is 5.32 Å². The minimum Gasteiger partial charge on any atom is -0.322 e. The first-order valence-corrected chi connectivity index (χ1v) is 10.8. The van der Waals surface area contributed by atoms with Crippen LogP contribution in [0.3, 0.4) is 0 Å². The summed E-state index contributed by atoms with van der Waals surface area (Å²) in [7, 11) is -4.02. The lowest BCUT2D eigenvalue weighted by Crippen LogP contribution is -2.42. The van der Waals surface area contributed by atoms with Gasteiger partial charge in [-0.05, 0) is 55.0 Å². The zero-order valence-electron chi connectivity index (χ0n) is 16.3. The quantitative estimate of drug-likeness (QED) is 0.836. The van der Waals surface area contributed by atoms with Crippen molar-refractivity contribution in [3.05, 3.63) is 59.4 Å². The van der Waals surface area contributed by atoms with E-state index < -0.39 is 26.6 Å². The first kappa shape index (κ1) is 20.5. The molecule has 7 heteroatoms. The number of aryl methyl sites for hydroxylation is 1. The number of benzene rings is 2. The van der Waals surface area contributed by atoms with Crippen LogP contribution in [0.5, 0.6) is 0 Å². The Balaban J connectivity index is 1.91. The normalized spacial score (nSPS) is 20.7. The average Bonchev–Trinajstić information content (AvgIpc) is 2.63. The number of rotatable bonds is 4. The van der Waals surface area contributed by atoms with Gasteiger partial charge >= 0.3 is 0 Å². The van der Waals surface area contributed by atoms with Gasteiger partial charge in [0.1, 0.15) is 10.7 Å². The Morgan fingerprint density at radius 3 is 2.39 bits per heavy atom. The van der Waals surface area contributed by atoms with Crippen molar-refractivity contribution in [2.24, 2.45) is 11.8 Å². The molecular formula is C21H25FN2O3S. The number of piperidine rings is 1. The minimum absolute atomic E-state index is 0.0985. The number of sulfonamides is 1. The number of anilines is 1. The lowest BCUT2D eigenvalue weighted by atomic mass is 9.94. The van der Waals surface area contributed by atoms with Gasteiger partial charge in [-0.25, -0.2) is 12.8 Å². The van der Waals surface area contributed by atoms with Crippen LogP contribution >= 0.6 is 0 Å². The number of carbonyl (C=O) groups excluding carboxylic acids is 1. The predicted molar refractivity (Wildman–Crippen MR) is 107 cm³/mol. The molecular weight excluding hydrogens is 379 g/mol. The number of amides is 1. The molecule has 28 heavy (non-hydrogen) atoms. The summed E-state index contributed by atoms with van der Waals surface area (Å²) in [5.74, 6) is -0.923. The zero-order valence-corrected chi connectivity index (χ0v) is 17.1. The number of para-hydroxylation sites is 1. The molecule has 2 aromatic rings. The zero-order chi connectivity index (χ0) is 20.5.